The van der Waals surface area contributed by atoms with E-state index in [1.807, 2.05) is 13.8 Å². The van der Waals surface area contributed by atoms with E-state index in [1.165, 1.54) is 6.07 Å². The Morgan fingerprint density at radius 2 is 1.94 bits per heavy atom. The summed E-state index contributed by atoms with van der Waals surface area (Å²) in [5.74, 6) is -1.96. The van der Waals surface area contributed by atoms with Crippen LogP contribution in [-0.4, -0.2) is 31.0 Å². The van der Waals surface area contributed by atoms with E-state index in [0.29, 0.717) is 13.0 Å². The van der Waals surface area contributed by atoms with Gasteiger partial charge in [-0.25, -0.2) is 0 Å². The second-order valence-corrected chi connectivity index (χ2v) is 4.85. The first-order chi connectivity index (χ1) is 7.73. The van der Waals surface area contributed by atoms with Gasteiger partial charge in [0, 0.05) is 19.7 Å². The van der Waals surface area contributed by atoms with Gasteiger partial charge in [0.15, 0.2) is 5.92 Å². The molecule has 0 bridgehead atoms. The van der Waals surface area contributed by atoms with Crippen LogP contribution in [0.25, 0.3) is 0 Å². The summed E-state index contributed by atoms with van der Waals surface area (Å²) in [4.78, 5) is 0. The molecule has 17 heavy (non-hydrogen) atoms. The summed E-state index contributed by atoms with van der Waals surface area (Å²) in [5, 5.41) is 19.7. The number of nitrogens with zero attached hydrogens (tertiary/aromatic N) is 1. The zero-order valence-electron chi connectivity index (χ0n) is 10.1. The summed E-state index contributed by atoms with van der Waals surface area (Å²) in [6.07, 6.45) is -3.13. The third-order valence-electron chi connectivity index (χ3n) is 2.51. The topological polar surface area (TPSA) is 56.0 Å². The van der Waals surface area contributed by atoms with Crippen LogP contribution in [0.2, 0.25) is 0 Å². The van der Waals surface area contributed by atoms with E-state index in [1.54, 1.807) is 0 Å². The molecule has 1 unspecified atom stereocenters. The molecule has 0 aromatic carbocycles. The first-order valence-electron chi connectivity index (χ1n) is 5.51. The molecule has 0 spiro atoms. The van der Waals surface area contributed by atoms with Crippen LogP contribution in [0, 0.1) is 22.7 Å². The Labute approximate surface area is 99.6 Å². The van der Waals surface area contributed by atoms with Crippen LogP contribution in [0.3, 0.4) is 0 Å². The highest BCUT2D eigenvalue weighted by atomic mass is 19.4. The zero-order valence-corrected chi connectivity index (χ0v) is 10.1. The lowest BCUT2D eigenvalue weighted by Gasteiger charge is -2.25. The van der Waals surface area contributed by atoms with Gasteiger partial charge in [-0.1, -0.05) is 13.8 Å². The number of alkyl halides is 3. The minimum Gasteiger partial charge on any atom is -0.396 e. The molecule has 0 aliphatic heterocycles. The molecule has 0 aliphatic carbocycles. The summed E-state index contributed by atoms with van der Waals surface area (Å²) < 4.78 is 36.7. The summed E-state index contributed by atoms with van der Waals surface area (Å²) in [6.45, 7) is 3.89. The molecule has 0 heterocycles. The van der Waals surface area contributed by atoms with Crippen LogP contribution in [0.5, 0.6) is 0 Å². The maximum Gasteiger partial charge on any atom is 0.405 e. The van der Waals surface area contributed by atoms with Crippen LogP contribution in [0.1, 0.15) is 26.7 Å². The van der Waals surface area contributed by atoms with E-state index in [-0.39, 0.29) is 18.6 Å². The fourth-order valence-corrected chi connectivity index (χ4v) is 1.44. The highest BCUT2D eigenvalue weighted by Crippen LogP contribution is 2.26. The first kappa shape index (κ1) is 16.2. The van der Waals surface area contributed by atoms with Gasteiger partial charge in [-0.05, 0) is 18.3 Å². The maximum absolute atomic E-state index is 12.2. The Bertz CT molecular complexity index is 258. The van der Waals surface area contributed by atoms with Crippen molar-refractivity contribution in [2.45, 2.75) is 32.9 Å². The predicted octanol–water partition coefficient (Wildman–Crippen LogP) is 2.08. The normalized spacial score (nSPS) is 14.4. The largest absolute Gasteiger partial charge is 0.405 e. The van der Waals surface area contributed by atoms with E-state index in [4.69, 9.17) is 10.4 Å². The Morgan fingerprint density at radius 1 is 1.35 bits per heavy atom. The van der Waals surface area contributed by atoms with Crippen molar-refractivity contribution in [3.63, 3.8) is 0 Å². The van der Waals surface area contributed by atoms with Gasteiger partial charge in [-0.2, -0.15) is 18.4 Å². The highest BCUT2D eigenvalue weighted by Gasteiger charge is 2.39. The molecule has 0 radical (unpaired) electrons. The minimum atomic E-state index is -4.48. The molecule has 0 aromatic heterocycles. The van der Waals surface area contributed by atoms with Gasteiger partial charge in [-0.15, -0.1) is 0 Å². The lowest BCUT2D eigenvalue weighted by molar-refractivity contribution is -0.157. The molecule has 0 saturated heterocycles. The van der Waals surface area contributed by atoms with Crippen molar-refractivity contribution < 1.29 is 18.3 Å². The SMILES string of the molecule is CC(C)(CCCO)CNCC(C#N)C(F)(F)F. The summed E-state index contributed by atoms with van der Waals surface area (Å²) in [7, 11) is 0. The molecule has 0 fully saturated rings. The molecule has 0 aliphatic rings. The number of rotatable bonds is 7. The molecular weight excluding hydrogens is 233 g/mol. The molecule has 0 rings (SSSR count). The molecule has 2 N–H and O–H groups in total. The van der Waals surface area contributed by atoms with E-state index >= 15 is 0 Å². The third-order valence-corrected chi connectivity index (χ3v) is 2.51. The molecule has 3 nitrogen and oxygen atoms in total. The molecule has 100 valence electrons. The predicted molar refractivity (Wildman–Crippen MR) is 58.1 cm³/mol. The van der Waals surface area contributed by atoms with Gasteiger partial charge in [0.1, 0.15) is 0 Å². The summed E-state index contributed by atoms with van der Waals surface area (Å²) in [5.41, 5.74) is -0.186. The Kier molecular flexibility index (Phi) is 6.50. The van der Waals surface area contributed by atoms with Crippen LogP contribution >= 0.6 is 0 Å². The van der Waals surface area contributed by atoms with Crippen LogP contribution in [0.15, 0.2) is 0 Å². The van der Waals surface area contributed by atoms with E-state index in [0.717, 1.165) is 6.42 Å². The molecule has 0 amide bonds. The van der Waals surface area contributed by atoms with Crippen LogP contribution in [0.4, 0.5) is 13.2 Å². The number of hydrogen-bond acceptors (Lipinski definition) is 3. The van der Waals surface area contributed by atoms with Crippen molar-refractivity contribution in [3.8, 4) is 6.07 Å². The second kappa shape index (κ2) is 6.82. The van der Waals surface area contributed by atoms with Crippen LogP contribution in [-0.2, 0) is 0 Å². The minimum absolute atomic E-state index is 0.0762. The quantitative estimate of drug-likeness (QED) is 0.729. The van der Waals surface area contributed by atoms with Gasteiger partial charge >= 0.3 is 6.18 Å². The smallest absolute Gasteiger partial charge is 0.396 e. The Balaban J connectivity index is 4.01. The van der Waals surface area contributed by atoms with Gasteiger partial charge < -0.3 is 10.4 Å². The lowest BCUT2D eigenvalue weighted by Crippen LogP contribution is -2.37. The Morgan fingerprint density at radius 3 is 2.35 bits per heavy atom. The average molecular weight is 252 g/mol. The molecule has 0 saturated carbocycles. The number of halogens is 3. The van der Waals surface area contributed by atoms with Crippen molar-refractivity contribution in [2.75, 3.05) is 19.7 Å². The summed E-state index contributed by atoms with van der Waals surface area (Å²) >= 11 is 0. The number of aliphatic hydroxyl groups excluding tert-OH is 1. The highest BCUT2D eigenvalue weighted by molar-refractivity contribution is 4.90. The van der Waals surface area contributed by atoms with Gasteiger partial charge in [-0.3, -0.25) is 0 Å². The number of aliphatic hydroxyl groups is 1. The molecule has 6 heteroatoms. The number of nitriles is 1. The first-order valence-corrected chi connectivity index (χ1v) is 5.51. The third kappa shape index (κ3) is 7.18. The monoisotopic (exact) mass is 252 g/mol. The molecule has 0 aromatic rings. The standard InChI is InChI=1S/C11H19F3N2O/c1-10(2,4-3-5-17)8-16-7-9(6-15)11(12,13)14/h9,16-17H,3-5,7-8H2,1-2H3. The van der Waals surface area contributed by atoms with Crippen molar-refractivity contribution in [1.29, 1.82) is 5.26 Å². The second-order valence-electron chi connectivity index (χ2n) is 4.85. The number of nitrogens with one attached hydrogen (secondary N) is 1. The van der Waals surface area contributed by atoms with Crippen molar-refractivity contribution in [3.05, 3.63) is 0 Å². The van der Waals surface area contributed by atoms with Crippen molar-refractivity contribution in [1.82, 2.24) is 5.32 Å². The molecular formula is C11H19F3N2O. The number of hydrogen-bond donors (Lipinski definition) is 2. The van der Waals surface area contributed by atoms with Crippen molar-refractivity contribution in [2.24, 2.45) is 11.3 Å². The lowest BCUT2D eigenvalue weighted by atomic mass is 9.88. The van der Waals surface area contributed by atoms with Gasteiger partial charge in [0.25, 0.3) is 0 Å². The van der Waals surface area contributed by atoms with Crippen molar-refractivity contribution >= 4 is 0 Å². The Hall–Kier alpha value is -0.800. The van der Waals surface area contributed by atoms with Crippen LogP contribution < -0.4 is 5.32 Å². The van der Waals surface area contributed by atoms with E-state index < -0.39 is 12.1 Å². The fourth-order valence-electron chi connectivity index (χ4n) is 1.44. The zero-order chi connectivity index (χ0) is 13.5. The van der Waals surface area contributed by atoms with Gasteiger partial charge in [0.05, 0.1) is 6.07 Å². The summed E-state index contributed by atoms with van der Waals surface area (Å²) in [6, 6.07) is 1.24. The fraction of sp³-hybridized carbons (Fsp3) is 0.909. The molecule has 1 atom stereocenters. The van der Waals surface area contributed by atoms with E-state index in [2.05, 4.69) is 5.32 Å². The maximum atomic E-state index is 12.2. The van der Waals surface area contributed by atoms with Gasteiger partial charge in [0.2, 0.25) is 0 Å². The average Bonchev–Trinajstić information content (AvgIpc) is 2.20. The van der Waals surface area contributed by atoms with E-state index in [9.17, 15) is 13.2 Å².